The van der Waals surface area contributed by atoms with Crippen LogP contribution in [0.3, 0.4) is 0 Å². The first-order valence-electron chi connectivity index (χ1n) is 7.22. The van der Waals surface area contributed by atoms with E-state index < -0.39 is 0 Å². The quantitative estimate of drug-likeness (QED) is 0.341. The van der Waals surface area contributed by atoms with Crippen molar-refractivity contribution in [2.75, 3.05) is 32.8 Å². The van der Waals surface area contributed by atoms with E-state index in [9.17, 15) is 0 Å². The summed E-state index contributed by atoms with van der Waals surface area (Å²) in [5, 5.41) is 3.97. The molecule has 1 N–H and O–H groups in total. The second kappa shape index (κ2) is 10.1. The van der Waals surface area contributed by atoms with Gasteiger partial charge in [-0.25, -0.2) is 4.99 Å². The van der Waals surface area contributed by atoms with Crippen LogP contribution in [-0.4, -0.2) is 43.6 Å². The highest BCUT2D eigenvalue weighted by Crippen LogP contribution is 2.22. The normalized spacial score (nSPS) is 14.8. The molecule has 0 bridgehead atoms. The number of hydrogen-bond acceptors (Lipinski definition) is 2. The van der Waals surface area contributed by atoms with Gasteiger partial charge in [0.25, 0.3) is 0 Å². The van der Waals surface area contributed by atoms with Gasteiger partial charge in [0.1, 0.15) is 12.4 Å². The van der Waals surface area contributed by atoms with Crippen molar-refractivity contribution >= 4 is 41.5 Å². The van der Waals surface area contributed by atoms with Crippen LogP contribution < -0.4 is 10.1 Å². The summed E-state index contributed by atoms with van der Waals surface area (Å²) in [5.41, 5.74) is 0. The van der Waals surface area contributed by atoms with E-state index in [0.29, 0.717) is 18.2 Å². The highest BCUT2D eigenvalue weighted by atomic mass is 127. The van der Waals surface area contributed by atoms with Gasteiger partial charge < -0.3 is 15.0 Å². The van der Waals surface area contributed by atoms with Gasteiger partial charge in [-0.05, 0) is 31.9 Å². The van der Waals surface area contributed by atoms with Crippen LogP contribution in [0.1, 0.15) is 19.8 Å². The molecule has 1 aromatic carbocycles. The van der Waals surface area contributed by atoms with E-state index in [-0.39, 0.29) is 24.0 Å². The van der Waals surface area contributed by atoms with Crippen molar-refractivity contribution in [1.82, 2.24) is 10.2 Å². The maximum Gasteiger partial charge on any atom is 0.194 e. The van der Waals surface area contributed by atoms with Crippen LogP contribution in [-0.2, 0) is 0 Å². The summed E-state index contributed by atoms with van der Waals surface area (Å²) >= 11 is 6.04. The van der Waals surface area contributed by atoms with Crippen LogP contribution >= 0.6 is 35.6 Å². The molecule has 21 heavy (non-hydrogen) atoms. The molecule has 0 amide bonds. The molecule has 1 aliphatic rings. The Hall–Kier alpha value is -0.690. The average molecular weight is 424 g/mol. The Balaban J connectivity index is 0.00000220. The van der Waals surface area contributed by atoms with E-state index >= 15 is 0 Å². The van der Waals surface area contributed by atoms with E-state index in [1.165, 1.54) is 12.8 Å². The van der Waals surface area contributed by atoms with Crippen molar-refractivity contribution in [2.45, 2.75) is 19.8 Å². The van der Waals surface area contributed by atoms with E-state index in [2.05, 4.69) is 22.1 Å². The van der Waals surface area contributed by atoms with Gasteiger partial charge >= 0.3 is 0 Å². The number of likely N-dealkylation sites (tertiary alicyclic amines) is 1. The van der Waals surface area contributed by atoms with Crippen LogP contribution in [0.2, 0.25) is 5.02 Å². The van der Waals surface area contributed by atoms with Gasteiger partial charge in [-0.2, -0.15) is 0 Å². The smallest absolute Gasteiger partial charge is 0.194 e. The number of aliphatic imine (C=N–C) groups is 1. The molecule has 4 nitrogen and oxygen atoms in total. The number of rotatable bonds is 5. The third-order valence-corrected chi connectivity index (χ3v) is 3.50. The lowest BCUT2D eigenvalue weighted by atomic mass is 10.3. The summed E-state index contributed by atoms with van der Waals surface area (Å²) in [6, 6.07) is 7.51. The van der Waals surface area contributed by atoms with Gasteiger partial charge in [0.2, 0.25) is 0 Å². The van der Waals surface area contributed by atoms with Gasteiger partial charge in [-0.3, -0.25) is 0 Å². The van der Waals surface area contributed by atoms with Crippen LogP contribution in [0.25, 0.3) is 0 Å². The molecule has 0 aromatic heterocycles. The van der Waals surface area contributed by atoms with E-state index in [0.717, 1.165) is 31.3 Å². The lowest BCUT2D eigenvalue weighted by Crippen LogP contribution is -2.39. The van der Waals surface area contributed by atoms with E-state index in [4.69, 9.17) is 16.3 Å². The van der Waals surface area contributed by atoms with Crippen molar-refractivity contribution in [3.8, 4) is 5.75 Å². The van der Waals surface area contributed by atoms with Gasteiger partial charge in [-0.1, -0.05) is 23.7 Å². The molecule has 6 heteroatoms. The maximum absolute atomic E-state index is 6.04. The van der Waals surface area contributed by atoms with Gasteiger partial charge in [0, 0.05) is 19.6 Å². The second-order valence-electron chi connectivity index (χ2n) is 4.71. The SMILES string of the molecule is CCNC(=NCCOc1ccccc1Cl)N1CCCC1.I. The summed E-state index contributed by atoms with van der Waals surface area (Å²) in [4.78, 5) is 6.91. The highest BCUT2D eigenvalue weighted by molar-refractivity contribution is 14.0. The Bertz CT molecular complexity index is 450. The number of nitrogens with one attached hydrogen (secondary N) is 1. The molecule has 0 unspecified atom stereocenters. The summed E-state index contributed by atoms with van der Waals surface area (Å²) in [5.74, 6) is 1.71. The van der Waals surface area contributed by atoms with Crippen molar-refractivity contribution in [1.29, 1.82) is 0 Å². The zero-order chi connectivity index (χ0) is 14.2. The van der Waals surface area contributed by atoms with Gasteiger partial charge in [0.05, 0.1) is 11.6 Å². The third kappa shape index (κ3) is 5.90. The van der Waals surface area contributed by atoms with Gasteiger partial charge in [-0.15, -0.1) is 24.0 Å². The fraction of sp³-hybridized carbons (Fsp3) is 0.533. The molecular formula is C15H23ClIN3O. The zero-order valence-electron chi connectivity index (χ0n) is 12.3. The molecule has 118 valence electrons. The molecule has 0 radical (unpaired) electrons. The number of benzene rings is 1. The fourth-order valence-electron chi connectivity index (χ4n) is 2.22. The molecule has 1 fully saturated rings. The first-order chi connectivity index (χ1) is 9.81. The molecule has 1 aromatic rings. The topological polar surface area (TPSA) is 36.9 Å². The van der Waals surface area contributed by atoms with Crippen molar-refractivity contribution in [2.24, 2.45) is 4.99 Å². The predicted molar refractivity (Wildman–Crippen MR) is 99.1 cm³/mol. The fourth-order valence-corrected chi connectivity index (χ4v) is 2.41. The maximum atomic E-state index is 6.04. The number of ether oxygens (including phenoxy) is 1. The van der Waals surface area contributed by atoms with Crippen molar-refractivity contribution in [3.05, 3.63) is 29.3 Å². The Kier molecular flexibility index (Phi) is 8.84. The minimum atomic E-state index is 0. The van der Waals surface area contributed by atoms with Crippen molar-refractivity contribution < 1.29 is 4.74 Å². The first-order valence-corrected chi connectivity index (χ1v) is 7.59. The molecule has 0 spiro atoms. The third-order valence-electron chi connectivity index (χ3n) is 3.19. The number of halogens is 2. The number of para-hydroxylation sites is 1. The van der Waals surface area contributed by atoms with E-state index in [1.54, 1.807) is 0 Å². The highest BCUT2D eigenvalue weighted by Gasteiger charge is 2.15. The predicted octanol–water partition coefficient (Wildman–Crippen LogP) is 3.40. The van der Waals surface area contributed by atoms with Gasteiger partial charge in [0.15, 0.2) is 5.96 Å². The van der Waals surface area contributed by atoms with Crippen molar-refractivity contribution in [3.63, 3.8) is 0 Å². The average Bonchev–Trinajstić information content (AvgIpc) is 2.98. The Morgan fingerprint density at radius 1 is 1.33 bits per heavy atom. The monoisotopic (exact) mass is 423 g/mol. The molecule has 0 saturated carbocycles. The molecule has 1 saturated heterocycles. The Labute approximate surface area is 148 Å². The Morgan fingerprint density at radius 3 is 2.71 bits per heavy atom. The number of hydrogen-bond donors (Lipinski definition) is 1. The molecule has 0 aliphatic carbocycles. The summed E-state index contributed by atoms with van der Waals surface area (Å²) < 4.78 is 5.64. The summed E-state index contributed by atoms with van der Waals surface area (Å²) in [7, 11) is 0. The van der Waals surface area contributed by atoms with E-state index in [1.807, 2.05) is 24.3 Å². The number of nitrogens with zero attached hydrogens (tertiary/aromatic N) is 2. The molecule has 2 rings (SSSR count). The summed E-state index contributed by atoms with van der Waals surface area (Å²) in [6.07, 6.45) is 2.50. The minimum absolute atomic E-state index is 0. The standard InChI is InChI=1S/C15H22ClN3O.HI/c1-2-17-15(19-10-5-6-11-19)18-9-12-20-14-8-4-3-7-13(14)16;/h3-4,7-8H,2,5-6,9-12H2,1H3,(H,17,18);1H. The zero-order valence-corrected chi connectivity index (χ0v) is 15.4. The van der Waals surface area contributed by atoms with Crippen LogP contribution in [0.15, 0.2) is 29.3 Å². The molecule has 1 heterocycles. The number of guanidine groups is 1. The molecule has 1 aliphatic heterocycles. The lowest BCUT2D eigenvalue weighted by molar-refractivity contribution is 0.327. The summed E-state index contributed by atoms with van der Waals surface area (Å²) in [6.45, 7) is 6.33. The van der Waals surface area contributed by atoms with Crippen LogP contribution in [0.5, 0.6) is 5.75 Å². The second-order valence-corrected chi connectivity index (χ2v) is 5.12. The minimum Gasteiger partial charge on any atom is -0.490 e. The molecular weight excluding hydrogens is 401 g/mol. The lowest BCUT2D eigenvalue weighted by Gasteiger charge is -2.20. The largest absolute Gasteiger partial charge is 0.490 e. The first kappa shape index (κ1) is 18.4. The van der Waals surface area contributed by atoms with Crippen LogP contribution in [0.4, 0.5) is 0 Å². The van der Waals surface area contributed by atoms with Crippen LogP contribution in [0, 0.1) is 0 Å². The Morgan fingerprint density at radius 2 is 2.05 bits per heavy atom. The molecule has 0 atom stereocenters.